The van der Waals surface area contributed by atoms with E-state index in [9.17, 15) is 19.1 Å². The largest absolute Gasteiger partial charge is 0.385 e. The lowest BCUT2D eigenvalue weighted by atomic mass is 9.88. The maximum Gasteiger partial charge on any atom is 0.325 e. The van der Waals surface area contributed by atoms with Crippen LogP contribution in [0.3, 0.4) is 0 Å². The van der Waals surface area contributed by atoms with Gasteiger partial charge in [0, 0.05) is 0 Å². The van der Waals surface area contributed by atoms with Gasteiger partial charge in [-0.05, 0) is 37.3 Å². The molecule has 2 fully saturated rings. The van der Waals surface area contributed by atoms with Crippen LogP contribution < -0.4 is 5.32 Å². The number of β-amino-alcohol motifs (C(OH)–C–C–N with tert-alkyl or cyclic N) is 1. The molecular weight excluding hydrogens is 301 g/mol. The first-order valence-corrected chi connectivity index (χ1v) is 7.91. The summed E-state index contributed by atoms with van der Waals surface area (Å²) in [6.07, 6.45) is 3.11. The molecular formula is C16H20FN3O3. The summed E-state index contributed by atoms with van der Waals surface area (Å²) < 4.78 is 12.9. The minimum absolute atomic E-state index is 0.179. The number of urea groups is 1. The van der Waals surface area contributed by atoms with Crippen molar-refractivity contribution in [3.8, 4) is 0 Å². The molecule has 1 saturated heterocycles. The highest BCUT2D eigenvalue weighted by molar-refractivity contribution is 6.07. The Balaban J connectivity index is 1.76. The molecule has 2 unspecified atom stereocenters. The Morgan fingerprint density at radius 3 is 2.78 bits per heavy atom. The van der Waals surface area contributed by atoms with Gasteiger partial charge in [-0.2, -0.15) is 0 Å². The molecule has 1 aliphatic heterocycles. The van der Waals surface area contributed by atoms with Crippen molar-refractivity contribution in [1.29, 1.82) is 0 Å². The zero-order valence-corrected chi connectivity index (χ0v) is 13.0. The molecule has 1 aromatic heterocycles. The van der Waals surface area contributed by atoms with Crippen LogP contribution in [0, 0.1) is 11.7 Å². The van der Waals surface area contributed by atoms with Gasteiger partial charge in [-0.1, -0.05) is 13.3 Å². The van der Waals surface area contributed by atoms with Gasteiger partial charge in [0.2, 0.25) is 0 Å². The maximum absolute atomic E-state index is 12.9. The molecule has 0 bridgehead atoms. The number of hydrogen-bond donors (Lipinski definition) is 2. The van der Waals surface area contributed by atoms with Crippen molar-refractivity contribution in [2.24, 2.45) is 5.92 Å². The molecule has 1 aromatic rings. The van der Waals surface area contributed by atoms with Gasteiger partial charge in [0.1, 0.15) is 17.5 Å². The summed E-state index contributed by atoms with van der Waals surface area (Å²) in [4.78, 5) is 29.9. The predicted octanol–water partition coefficient (Wildman–Crippen LogP) is 1.75. The summed E-state index contributed by atoms with van der Waals surface area (Å²) in [5.74, 6) is -0.593. The quantitative estimate of drug-likeness (QED) is 0.782. The second-order valence-corrected chi connectivity index (χ2v) is 6.26. The van der Waals surface area contributed by atoms with Gasteiger partial charge in [0.25, 0.3) is 5.91 Å². The van der Waals surface area contributed by atoms with Crippen LogP contribution in [-0.2, 0) is 4.79 Å². The van der Waals surface area contributed by atoms with Crippen LogP contribution in [0.15, 0.2) is 18.3 Å². The molecule has 23 heavy (non-hydrogen) atoms. The number of halogens is 1. The Bertz CT molecular complexity index is 618. The van der Waals surface area contributed by atoms with Crippen LogP contribution in [0.5, 0.6) is 0 Å². The molecule has 0 radical (unpaired) electrons. The van der Waals surface area contributed by atoms with Gasteiger partial charge >= 0.3 is 6.03 Å². The normalized spacial score (nSPS) is 25.6. The second-order valence-electron chi connectivity index (χ2n) is 6.26. The number of carbonyl (C=O) groups excluding carboxylic acids is 2. The number of nitrogens with zero attached hydrogens (tertiary/aromatic N) is 2. The van der Waals surface area contributed by atoms with Gasteiger partial charge in [0.15, 0.2) is 0 Å². The average molecular weight is 321 g/mol. The Morgan fingerprint density at radius 1 is 1.48 bits per heavy atom. The summed E-state index contributed by atoms with van der Waals surface area (Å²) >= 11 is 0. The number of pyridine rings is 1. The van der Waals surface area contributed by atoms with Crippen molar-refractivity contribution in [2.75, 3.05) is 6.54 Å². The van der Waals surface area contributed by atoms with Crippen molar-refractivity contribution in [1.82, 2.24) is 15.2 Å². The van der Waals surface area contributed by atoms with E-state index in [0.717, 1.165) is 30.4 Å². The Hall–Kier alpha value is -2.02. The molecule has 3 rings (SSSR count). The molecule has 124 valence electrons. The van der Waals surface area contributed by atoms with Gasteiger partial charge in [-0.15, -0.1) is 0 Å². The predicted molar refractivity (Wildman–Crippen MR) is 79.8 cm³/mol. The molecule has 1 aliphatic carbocycles. The SMILES string of the molecule is CCCC1(C2CC2)NC(=O)N(CC(O)c2ccc(F)cn2)C1=O. The van der Waals surface area contributed by atoms with E-state index in [1.165, 1.54) is 12.1 Å². The Morgan fingerprint density at radius 2 is 2.22 bits per heavy atom. The summed E-state index contributed by atoms with van der Waals surface area (Å²) in [6, 6.07) is 2.05. The van der Waals surface area contributed by atoms with E-state index in [1.54, 1.807) is 0 Å². The number of aromatic nitrogens is 1. The van der Waals surface area contributed by atoms with E-state index in [4.69, 9.17) is 0 Å². The Labute approximate surface area is 133 Å². The minimum atomic E-state index is -1.14. The molecule has 2 aliphatic rings. The van der Waals surface area contributed by atoms with E-state index in [2.05, 4.69) is 10.3 Å². The van der Waals surface area contributed by atoms with Crippen molar-refractivity contribution in [2.45, 2.75) is 44.2 Å². The van der Waals surface area contributed by atoms with Crippen molar-refractivity contribution in [3.05, 3.63) is 29.8 Å². The van der Waals surface area contributed by atoms with E-state index in [1.807, 2.05) is 6.92 Å². The summed E-state index contributed by atoms with van der Waals surface area (Å²) in [7, 11) is 0. The third-order valence-corrected chi connectivity index (χ3v) is 4.57. The van der Waals surface area contributed by atoms with Crippen LogP contribution in [-0.4, -0.2) is 39.0 Å². The number of amides is 3. The lowest BCUT2D eigenvalue weighted by Gasteiger charge is -2.26. The van der Waals surface area contributed by atoms with Crippen LogP contribution in [0.2, 0.25) is 0 Å². The van der Waals surface area contributed by atoms with Gasteiger partial charge in [-0.3, -0.25) is 14.7 Å². The standard InChI is InChI=1S/C16H20FN3O3/c1-2-7-16(10-3-4-10)14(22)20(15(23)19-16)9-13(21)12-6-5-11(17)8-18-12/h5-6,8,10,13,21H,2-4,7,9H2,1H3,(H,19,23). The number of rotatable bonds is 6. The van der Waals surface area contributed by atoms with E-state index < -0.39 is 23.5 Å². The minimum Gasteiger partial charge on any atom is -0.385 e. The van der Waals surface area contributed by atoms with Gasteiger partial charge in [0.05, 0.1) is 18.4 Å². The fourth-order valence-electron chi connectivity index (χ4n) is 3.28. The smallest absolute Gasteiger partial charge is 0.325 e. The van der Waals surface area contributed by atoms with E-state index in [0.29, 0.717) is 6.42 Å². The number of aliphatic hydroxyl groups excluding tert-OH is 1. The topological polar surface area (TPSA) is 82.5 Å². The number of aliphatic hydroxyl groups is 1. The second kappa shape index (κ2) is 5.88. The molecule has 6 nitrogen and oxygen atoms in total. The summed E-state index contributed by atoms with van der Waals surface area (Å²) in [5, 5.41) is 13.0. The van der Waals surface area contributed by atoms with Gasteiger partial charge in [-0.25, -0.2) is 9.18 Å². The number of hydrogen-bond acceptors (Lipinski definition) is 4. The molecule has 1 saturated carbocycles. The fraction of sp³-hybridized carbons (Fsp3) is 0.562. The van der Waals surface area contributed by atoms with Crippen LogP contribution >= 0.6 is 0 Å². The molecule has 0 aromatic carbocycles. The van der Waals surface area contributed by atoms with Crippen molar-refractivity contribution < 1.29 is 19.1 Å². The third-order valence-electron chi connectivity index (χ3n) is 4.57. The van der Waals surface area contributed by atoms with Crippen LogP contribution in [0.4, 0.5) is 9.18 Å². The zero-order chi connectivity index (χ0) is 16.6. The molecule has 0 spiro atoms. The first-order chi connectivity index (χ1) is 11.0. The third kappa shape index (κ3) is 2.81. The average Bonchev–Trinajstić information content (AvgIpc) is 3.33. The highest BCUT2D eigenvalue weighted by Crippen LogP contribution is 2.45. The van der Waals surface area contributed by atoms with Crippen LogP contribution in [0.1, 0.15) is 44.4 Å². The lowest BCUT2D eigenvalue weighted by molar-refractivity contribution is -0.133. The summed E-state index contributed by atoms with van der Waals surface area (Å²) in [6.45, 7) is 1.80. The molecule has 2 N–H and O–H groups in total. The first-order valence-electron chi connectivity index (χ1n) is 7.91. The van der Waals surface area contributed by atoms with E-state index >= 15 is 0 Å². The van der Waals surface area contributed by atoms with Crippen molar-refractivity contribution >= 4 is 11.9 Å². The highest BCUT2D eigenvalue weighted by Gasteiger charge is 2.58. The number of carbonyl (C=O) groups is 2. The van der Waals surface area contributed by atoms with E-state index in [-0.39, 0.29) is 24.1 Å². The van der Waals surface area contributed by atoms with Crippen molar-refractivity contribution in [3.63, 3.8) is 0 Å². The fourth-order valence-corrected chi connectivity index (χ4v) is 3.28. The molecule has 2 atom stereocenters. The highest BCUT2D eigenvalue weighted by atomic mass is 19.1. The molecule has 7 heteroatoms. The Kier molecular flexibility index (Phi) is 4.06. The monoisotopic (exact) mass is 321 g/mol. The maximum atomic E-state index is 12.9. The lowest BCUT2D eigenvalue weighted by Crippen LogP contribution is -2.49. The molecule has 3 amide bonds. The number of nitrogens with one attached hydrogen (secondary N) is 1. The summed E-state index contributed by atoms with van der Waals surface area (Å²) in [5.41, 5.74) is -0.590. The number of imide groups is 1. The van der Waals surface area contributed by atoms with Gasteiger partial charge < -0.3 is 10.4 Å². The molecule has 2 heterocycles. The van der Waals surface area contributed by atoms with Crippen LogP contribution in [0.25, 0.3) is 0 Å². The zero-order valence-electron chi connectivity index (χ0n) is 13.0. The first kappa shape index (κ1) is 15.9.